The highest BCUT2D eigenvalue weighted by molar-refractivity contribution is 7.38. The Morgan fingerprint density at radius 2 is 2.21 bits per heavy atom. The molecule has 0 bridgehead atoms. The Bertz CT molecular complexity index is 599. The summed E-state index contributed by atoms with van der Waals surface area (Å²) < 4.78 is 6.45. The van der Waals surface area contributed by atoms with E-state index in [4.69, 9.17) is 16.3 Å². The number of ether oxygens (including phenoxy) is 1. The van der Waals surface area contributed by atoms with E-state index >= 15 is 0 Å². The fraction of sp³-hybridized carbons (Fsp3) is 0.462. The van der Waals surface area contributed by atoms with Crippen molar-refractivity contribution in [1.29, 1.82) is 0 Å². The molecule has 0 aliphatic carbocycles. The number of hydrogen-bond donors (Lipinski definition) is 0. The third-order valence-electron chi connectivity index (χ3n) is 3.52. The fourth-order valence-corrected chi connectivity index (χ4v) is 4.95. The van der Waals surface area contributed by atoms with Gasteiger partial charge in [0.05, 0.1) is 15.1 Å². The zero-order valence-corrected chi connectivity index (χ0v) is 12.9. The van der Waals surface area contributed by atoms with E-state index in [0.717, 1.165) is 35.3 Å². The number of piperidine rings is 1. The summed E-state index contributed by atoms with van der Waals surface area (Å²) in [6.07, 6.45) is 2.09. The van der Waals surface area contributed by atoms with Crippen molar-refractivity contribution in [3.63, 3.8) is 0 Å². The van der Waals surface area contributed by atoms with E-state index in [0.29, 0.717) is 9.90 Å². The minimum Gasteiger partial charge on any atom is -0.381 e. The lowest BCUT2D eigenvalue weighted by Crippen LogP contribution is -2.40. The van der Waals surface area contributed by atoms with E-state index in [1.54, 1.807) is 18.4 Å². The van der Waals surface area contributed by atoms with Gasteiger partial charge in [0, 0.05) is 25.6 Å². The number of hydrogen-bond acceptors (Lipinski definition) is 4. The highest BCUT2D eigenvalue weighted by Gasteiger charge is 2.27. The molecule has 1 aliphatic rings. The van der Waals surface area contributed by atoms with Crippen LogP contribution in [0.5, 0.6) is 0 Å². The van der Waals surface area contributed by atoms with Crippen LogP contribution in [0.1, 0.15) is 22.5 Å². The Hall–Kier alpha value is -0.620. The molecule has 19 heavy (non-hydrogen) atoms. The van der Waals surface area contributed by atoms with Gasteiger partial charge in [-0.05, 0) is 24.3 Å². The first-order valence-corrected chi connectivity index (χ1v) is 8.25. The van der Waals surface area contributed by atoms with Gasteiger partial charge >= 0.3 is 0 Å². The van der Waals surface area contributed by atoms with Crippen molar-refractivity contribution in [3.05, 3.63) is 21.3 Å². The van der Waals surface area contributed by atoms with Gasteiger partial charge in [0.1, 0.15) is 4.88 Å². The molecule has 2 aromatic heterocycles. The van der Waals surface area contributed by atoms with Crippen molar-refractivity contribution in [1.82, 2.24) is 4.90 Å². The van der Waals surface area contributed by atoms with Crippen LogP contribution in [0.3, 0.4) is 0 Å². The van der Waals surface area contributed by atoms with Crippen LogP contribution in [-0.4, -0.2) is 37.1 Å². The van der Waals surface area contributed by atoms with E-state index in [2.05, 4.69) is 0 Å². The van der Waals surface area contributed by atoms with Crippen molar-refractivity contribution in [2.75, 3.05) is 20.2 Å². The maximum absolute atomic E-state index is 12.5. The quantitative estimate of drug-likeness (QED) is 0.842. The number of fused-ring (bicyclic) bond motifs is 1. The van der Waals surface area contributed by atoms with Crippen molar-refractivity contribution in [2.45, 2.75) is 18.9 Å². The van der Waals surface area contributed by atoms with Crippen LogP contribution >= 0.6 is 34.3 Å². The van der Waals surface area contributed by atoms with Gasteiger partial charge in [-0.15, -0.1) is 22.7 Å². The van der Waals surface area contributed by atoms with Gasteiger partial charge in [0.15, 0.2) is 0 Å². The third kappa shape index (κ3) is 2.40. The Balaban J connectivity index is 1.80. The van der Waals surface area contributed by atoms with Gasteiger partial charge in [0.2, 0.25) is 0 Å². The van der Waals surface area contributed by atoms with Crippen LogP contribution < -0.4 is 0 Å². The molecule has 3 rings (SSSR count). The molecule has 1 aliphatic heterocycles. The monoisotopic (exact) mass is 315 g/mol. The van der Waals surface area contributed by atoms with Crippen molar-refractivity contribution < 1.29 is 9.53 Å². The molecule has 0 radical (unpaired) electrons. The van der Waals surface area contributed by atoms with Crippen molar-refractivity contribution >= 4 is 49.6 Å². The molecule has 3 nitrogen and oxygen atoms in total. The highest BCUT2D eigenvalue weighted by Crippen LogP contribution is 2.39. The van der Waals surface area contributed by atoms with Crippen LogP contribution in [0.2, 0.25) is 5.02 Å². The number of amides is 1. The number of halogens is 1. The summed E-state index contributed by atoms with van der Waals surface area (Å²) in [5.41, 5.74) is 0. The molecule has 1 amide bonds. The first kappa shape index (κ1) is 13.4. The Labute approximate surface area is 124 Å². The number of rotatable bonds is 2. The molecular formula is C13H14ClNO2S2. The number of nitrogens with zero attached hydrogens (tertiary/aromatic N) is 1. The minimum absolute atomic E-state index is 0.0629. The lowest BCUT2D eigenvalue weighted by Gasteiger charge is -2.31. The van der Waals surface area contributed by atoms with E-state index in [1.807, 2.05) is 16.3 Å². The second kappa shape index (κ2) is 5.40. The normalized spacial score (nSPS) is 17.3. The lowest BCUT2D eigenvalue weighted by molar-refractivity contribution is 0.0353. The Kier molecular flexibility index (Phi) is 3.80. The number of likely N-dealkylation sites (tertiary alicyclic amines) is 1. The topological polar surface area (TPSA) is 29.5 Å². The van der Waals surface area contributed by atoms with Crippen LogP contribution in [0, 0.1) is 0 Å². The Morgan fingerprint density at radius 3 is 2.84 bits per heavy atom. The minimum atomic E-state index is 0.0629. The average Bonchev–Trinajstić information content (AvgIpc) is 3.02. The molecule has 0 N–H and O–H groups in total. The molecular weight excluding hydrogens is 302 g/mol. The average molecular weight is 316 g/mol. The number of carbonyl (C=O) groups is 1. The second-order valence-corrected chi connectivity index (χ2v) is 7.17. The first-order valence-electron chi connectivity index (χ1n) is 6.18. The van der Waals surface area contributed by atoms with Gasteiger partial charge in [-0.1, -0.05) is 11.6 Å². The highest BCUT2D eigenvalue weighted by atomic mass is 35.5. The zero-order valence-electron chi connectivity index (χ0n) is 10.5. The summed E-state index contributed by atoms with van der Waals surface area (Å²) in [7, 11) is 1.73. The van der Waals surface area contributed by atoms with E-state index in [-0.39, 0.29) is 12.0 Å². The summed E-state index contributed by atoms with van der Waals surface area (Å²) in [5, 5.41) is 3.62. The Morgan fingerprint density at radius 1 is 1.47 bits per heavy atom. The maximum Gasteiger partial charge on any atom is 0.265 e. The zero-order chi connectivity index (χ0) is 13.4. The number of thiophene rings is 2. The molecule has 0 saturated carbocycles. The van der Waals surface area contributed by atoms with Gasteiger partial charge in [-0.2, -0.15) is 0 Å². The molecule has 1 fully saturated rings. The smallest absolute Gasteiger partial charge is 0.265 e. The van der Waals surface area contributed by atoms with Crippen LogP contribution in [0.25, 0.3) is 9.40 Å². The van der Waals surface area contributed by atoms with Crippen LogP contribution in [0.4, 0.5) is 0 Å². The summed E-state index contributed by atoms with van der Waals surface area (Å²) >= 11 is 9.45. The van der Waals surface area contributed by atoms with Gasteiger partial charge in [-0.25, -0.2) is 0 Å². The van der Waals surface area contributed by atoms with Gasteiger partial charge in [0.25, 0.3) is 5.91 Å². The van der Waals surface area contributed by atoms with Crippen LogP contribution in [-0.2, 0) is 4.74 Å². The van der Waals surface area contributed by atoms with Gasteiger partial charge in [-0.3, -0.25) is 4.79 Å². The van der Waals surface area contributed by atoms with E-state index in [1.165, 1.54) is 11.3 Å². The molecule has 0 atom stereocenters. The largest absolute Gasteiger partial charge is 0.381 e. The van der Waals surface area contributed by atoms with E-state index < -0.39 is 0 Å². The lowest BCUT2D eigenvalue weighted by atomic mass is 10.1. The summed E-state index contributed by atoms with van der Waals surface area (Å²) in [5.74, 6) is 0.0629. The second-order valence-electron chi connectivity index (χ2n) is 4.59. The molecule has 3 heterocycles. The summed E-state index contributed by atoms with van der Waals surface area (Å²) in [6, 6.07) is 1.98. The molecule has 0 unspecified atom stereocenters. The van der Waals surface area contributed by atoms with Crippen molar-refractivity contribution in [3.8, 4) is 0 Å². The van der Waals surface area contributed by atoms with E-state index in [9.17, 15) is 4.79 Å². The third-order valence-corrected chi connectivity index (χ3v) is 6.25. The number of methoxy groups -OCH3 is 1. The first-order chi connectivity index (χ1) is 9.20. The summed E-state index contributed by atoms with van der Waals surface area (Å²) in [4.78, 5) is 15.1. The SMILES string of the molecule is COC1CCN(C(=O)c2sc3sccc3c2Cl)CC1. The van der Waals surface area contributed by atoms with Crippen molar-refractivity contribution in [2.24, 2.45) is 0 Å². The molecule has 0 aromatic carbocycles. The fourth-order valence-electron chi connectivity index (χ4n) is 2.37. The standard InChI is InChI=1S/C13H14ClNO2S2/c1-17-8-2-5-15(6-3-8)12(16)11-10(14)9-4-7-18-13(9)19-11/h4,7-8H,2-3,5-6H2,1H3. The molecule has 1 saturated heterocycles. The molecule has 2 aromatic rings. The molecule has 6 heteroatoms. The van der Waals surface area contributed by atoms with Crippen LogP contribution in [0.15, 0.2) is 11.4 Å². The molecule has 102 valence electrons. The molecule has 0 spiro atoms. The van der Waals surface area contributed by atoms with Gasteiger partial charge < -0.3 is 9.64 Å². The predicted molar refractivity (Wildman–Crippen MR) is 80.6 cm³/mol. The number of carbonyl (C=O) groups excluding carboxylic acids is 1. The predicted octanol–water partition coefficient (Wildman–Crippen LogP) is 3.87. The summed E-state index contributed by atoms with van der Waals surface area (Å²) in [6.45, 7) is 1.50. The maximum atomic E-state index is 12.5.